The second kappa shape index (κ2) is 7.43. The smallest absolute Gasteiger partial charge is 0.349 e. The lowest BCUT2D eigenvalue weighted by molar-refractivity contribution is -0.188. The quantitative estimate of drug-likeness (QED) is 0.559. The minimum Gasteiger partial charge on any atom is -0.447 e. The van der Waals surface area contributed by atoms with Crippen LogP contribution >= 0.6 is 11.8 Å². The summed E-state index contributed by atoms with van der Waals surface area (Å²) in [6.07, 6.45) is -1.09. The Morgan fingerprint density at radius 3 is 2.78 bits per heavy atom. The highest BCUT2D eigenvalue weighted by atomic mass is 32.2. The summed E-state index contributed by atoms with van der Waals surface area (Å²) in [4.78, 5) is 23.1. The monoisotopic (exact) mass is 274 g/mol. The second-order valence-electron chi connectivity index (χ2n) is 3.89. The molecule has 1 fully saturated rings. The third kappa shape index (κ3) is 4.70. The first kappa shape index (κ1) is 15.0. The Morgan fingerprint density at radius 2 is 2.28 bits per heavy atom. The molecule has 2 atom stereocenters. The van der Waals surface area contributed by atoms with Crippen LogP contribution in [0.4, 0.5) is 0 Å². The van der Waals surface area contributed by atoms with E-state index in [2.05, 4.69) is 6.58 Å². The Labute approximate surface area is 111 Å². The van der Waals surface area contributed by atoms with E-state index in [9.17, 15) is 9.59 Å². The van der Waals surface area contributed by atoms with Crippen molar-refractivity contribution < 1.29 is 23.8 Å². The molecule has 102 valence electrons. The molecule has 5 nitrogen and oxygen atoms in total. The van der Waals surface area contributed by atoms with E-state index in [1.54, 1.807) is 18.7 Å². The van der Waals surface area contributed by atoms with Gasteiger partial charge in [0, 0.05) is 11.3 Å². The van der Waals surface area contributed by atoms with Gasteiger partial charge in [0.25, 0.3) is 0 Å². The summed E-state index contributed by atoms with van der Waals surface area (Å²) in [5.41, 5.74) is 0.255. The van der Waals surface area contributed by atoms with E-state index in [1.165, 1.54) is 6.92 Å². The van der Waals surface area contributed by atoms with Crippen molar-refractivity contribution in [1.82, 2.24) is 0 Å². The summed E-state index contributed by atoms with van der Waals surface area (Å²) in [7, 11) is 0. The first-order valence-electron chi connectivity index (χ1n) is 5.81. The standard InChI is InChI=1S/C12H18O5S/c1-4-9(16-11(13)8(2)3)12(14)17-10-7-18-6-5-15-10/h9-10H,2,4-7H2,1,3H3. The molecule has 1 aliphatic rings. The third-order valence-corrected chi connectivity index (χ3v) is 3.23. The molecule has 6 heteroatoms. The number of thioether (sulfide) groups is 1. The molecule has 2 unspecified atom stereocenters. The predicted molar refractivity (Wildman–Crippen MR) is 68.1 cm³/mol. The Kier molecular flexibility index (Phi) is 6.21. The molecule has 0 aromatic heterocycles. The van der Waals surface area contributed by atoms with Gasteiger partial charge in [0.05, 0.1) is 12.4 Å². The van der Waals surface area contributed by atoms with Crippen LogP contribution in [0.2, 0.25) is 0 Å². The fraction of sp³-hybridized carbons (Fsp3) is 0.667. The molecule has 1 rings (SSSR count). The first-order chi connectivity index (χ1) is 8.54. The molecule has 0 bridgehead atoms. The van der Waals surface area contributed by atoms with Crippen LogP contribution in [0.25, 0.3) is 0 Å². The summed E-state index contributed by atoms with van der Waals surface area (Å²) in [6, 6.07) is 0. The van der Waals surface area contributed by atoms with Gasteiger partial charge in [-0.15, -0.1) is 0 Å². The van der Waals surface area contributed by atoms with Crippen LogP contribution in [-0.2, 0) is 23.8 Å². The molecule has 0 saturated carbocycles. The molecule has 1 heterocycles. The number of hydrogen-bond acceptors (Lipinski definition) is 6. The van der Waals surface area contributed by atoms with Crippen molar-refractivity contribution >= 4 is 23.7 Å². The number of carbonyl (C=O) groups is 2. The van der Waals surface area contributed by atoms with Gasteiger partial charge in [-0.1, -0.05) is 13.5 Å². The molecule has 1 aliphatic heterocycles. The fourth-order valence-corrected chi connectivity index (χ4v) is 2.01. The zero-order valence-electron chi connectivity index (χ0n) is 10.6. The molecular weight excluding hydrogens is 256 g/mol. The van der Waals surface area contributed by atoms with Crippen LogP contribution in [0.1, 0.15) is 20.3 Å². The second-order valence-corrected chi connectivity index (χ2v) is 5.04. The summed E-state index contributed by atoms with van der Waals surface area (Å²) in [5.74, 6) is 0.351. The van der Waals surface area contributed by atoms with Gasteiger partial charge in [-0.05, 0) is 13.3 Å². The highest BCUT2D eigenvalue weighted by molar-refractivity contribution is 7.99. The largest absolute Gasteiger partial charge is 0.447 e. The van der Waals surface area contributed by atoms with Gasteiger partial charge < -0.3 is 14.2 Å². The van der Waals surface area contributed by atoms with Crippen LogP contribution < -0.4 is 0 Å². The van der Waals surface area contributed by atoms with Crippen molar-refractivity contribution in [2.45, 2.75) is 32.7 Å². The molecule has 0 N–H and O–H groups in total. The fourth-order valence-electron chi connectivity index (χ4n) is 1.27. The van der Waals surface area contributed by atoms with Crippen LogP contribution in [0.5, 0.6) is 0 Å². The van der Waals surface area contributed by atoms with Crippen LogP contribution in [0.3, 0.4) is 0 Å². The normalized spacial score (nSPS) is 20.9. The van der Waals surface area contributed by atoms with E-state index in [0.717, 1.165) is 5.75 Å². The van der Waals surface area contributed by atoms with Gasteiger partial charge in [0.2, 0.25) is 6.29 Å². The summed E-state index contributed by atoms with van der Waals surface area (Å²) in [5, 5.41) is 0. The van der Waals surface area contributed by atoms with Gasteiger partial charge in [0.15, 0.2) is 6.10 Å². The number of hydrogen-bond donors (Lipinski definition) is 0. The molecule has 0 aromatic rings. The van der Waals surface area contributed by atoms with Gasteiger partial charge in [-0.3, -0.25) is 0 Å². The maximum absolute atomic E-state index is 11.8. The maximum Gasteiger partial charge on any atom is 0.349 e. The van der Waals surface area contributed by atoms with E-state index in [1.807, 2.05) is 0 Å². The van der Waals surface area contributed by atoms with Crippen molar-refractivity contribution in [3.8, 4) is 0 Å². The average Bonchev–Trinajstić information content (AvgIpc) is 2.36. The SMILES string of the molecule is C=C(C)C(=O)OC(CC)C(=O)OC1CSCCO1. The topological polar surface area (TPSA) is 61.8 Å². The van der Waals surface area contributed by atoms with Crippen molar-refractivity contribution in [2.24, 2.45) is 0 Å². The van der Waals surface area contributed by atoms with Gasteiger partial charge >= 0.3 is 11.9 Å². The van der Waals surface area contributed by atoms with Crippen molar-refractivity contribution in [3.05, 3.63) is 12.2 Å². The number of carbonyl (C=O) groups excluding carboxylic acids is 2. The summed E-state index contributed by atoms with van der Waals surface area (Å²) < 4.78 is 15.4. The van der Waals surface area contributed by atoms with E-state index < -0.39 is 24.3 Å². The summed E-state index contributed by atoms with van der Waals surface area (Å²) in [6.45, 7) is 7.30. The van der Waals surface area contributed by atoms with Crippen LogP contribution in [-0.4, -0.2) is 42.4 Å². The van der Waals surface area contributed by atoms with Gasteiger partial charge in [0.1, 0.15) is 0 Å². The van der Waals surface area contributed by atoms with Crippen molar-refractivity contribution in [3.63, 3.8) is 0 Å². The van der Waals surface area contributed by atoms with Gasteiger partial charge in [-0.25, -0.2) is 9.59 Å². The van der Waals surface area contributed by atoms with Crippen molar-refractivity contribution in [2.75, 3.05) is 18.1 Å². The Morgan fingerprint density at radius 1 is 1.56 bits per heavy atom. The number of rotatable bonds is 5. The minimum absolute atomic E-state index is 0.255. The maximum atomic E-state index is 11.8. The van der Waals surface area contributed by atoms with Crippen LogP contribution in [0, 0.1) is 0 Å². The molecule has 0 spiro atoms. The minimum atomic E-state index is -0.898. The van der Waals surface area contributed by atoms with Crippen molar-refractivity contribution in [1.29, 1.82) is 0 Å². The summed E-state index contributed by atoms with van der Waals surface area (Å²) >= 11 is 1.66. The average molecular weight is 274 g/mol. The molecule has 0 aliphatic carbocycles. The predicted octanol–water partition coefficient (Wildman–Crippen LogP) is 1.52. The Balaban J connectivity index is 2.45. The molecule has 0 aromatic carbocycles. The lowest BCUT2D eigenvalue weighted by atomic mass is 10.2. The van der Waals surface area contributed by atoms with E-state index in [-0.39, 0.29) is 5.57 Å². The van der Waals surface area contributed by atoms with E-state index in [0.29, 0.717) is 18.8 Å². The zero-order chi connectivity index (χ0) is 13.5. The highest BCUT2D eigenvalue weighted by Crippen LogP contribution is 2.15. The first-order valence-corrected chi connectivity index (χ1v) is 6.96. The molecule has 0 amide bonds. The molecular formula is C12H18O5S. The number of ether oxygens (including phenoxy) is 3. The molecule has 0 radical (unpaired) electrons. The van der Waals surface area contributed by atoms with E-state index in [4.69, 9.17) is 14.2 Å². The van der Waals surface area contributed by atoms with E-state index >= 15 is 0 Å². The highest BCUT2D eigenvalue weighted by Gasteiger charge is 2.27. The molecule has 18 heavy (non-hydrogen) atoms. The molecule has 1 saturated heterocycles. The zero-order valence-corrected chi connectivity index (χ0v) is 11.5. The Hall–Kier alpha value is -1.01. The van der Waals surface area contributed by atoms with Crippen LogP contribution in [0.15, 0.2) is 12.2 Å². The third-order valence-electron chi connectivity index (χ3n) is 2.26. The number of esters is 2. The lowest BCUT2D eigenvalue weighted by Crippen LogP contribution is -2.35. The lowest BCUT2D eigenvalue weighted by Gasteiger charge is -2.24. The Bertz CT molecular complexity index is 322. The van der Waals surface area contributed by atoms with Gasteiger partial charge in [-0.2, -0.15) is 11.8 Å².